The van der Waals surface area contributed by atoms with E-state index in [1.54, 1.807) is 16.4 Å². The van der Waals surface area contributed by atoms with Gasteiger partial charge in [0.25, 0.3) is 11.5 Å². The van der Waals surface area contributed by atoms with E-state index in [0.717, 1.165) is 25.7 Å². The summed E-state index contributed by atoms with van der Waals surface area (Å²) in [5.41, 5.74) is 2.27. The number of amides is 1. The van der Waals surface area contributed by atoms with Gasteiger partial charge in [0.1, 0.15) is 21.8 Å². The van der Waals surface area contributed by atoms with Gasteiger partial charge in [0.05, 0.1) is 4.91 Å². The van der Waals surface area contributed by atoms with Gasteiger partial charge >= 0.3 is 0 Å². The standard InChI is InChI=1S/C30H38N4O2S2/c1-4-6-7-8-9-13-19-34-29(36)26(38-30(34)37)20-24-22(3)25(21-31)28(35)33(18-5-2)27(24)32-17-16-23-14-11-10-12-15-23/h10-12,14-15,20,32H,4-9,13,16-19H2,1-3H3/b26-20+. The fraction of sp³-hybridized carbons (Fsp3) is 0.467. The lowest BCUT2D eigenvalue weighted by molar-refractivity contribution is -0.122. The van der Waals surface area contributed by atoms with E-state index < -0.39 is 0 Å². The Morgan fingerprint density at radius 1 is 1.03 bits per heavy atom. The van der Waals surface area contributed by atoms with Crippen molar-refractivity contribution < 1.29 is 4.79 Å². The normalized spacial score (nSPS) is 14.4. The van der Waals surface area contributed by atoms with Crippen molar-refractivity contribution in [1.82, 2.24) is 9.47 Å². The summed E-state index contributed by atoms with van der Waals surface area (Å²) in [6.45, 7) is 7.68. The van der Waals surface area contributed by atoms with Crippen molar-refractivity contribution in [2.45, 2.75) is 78.7 Å². The molecule has 6 nitrogen and oxygen atoms in total. The summed E-state index contributed by atoms with van der Waals surface area (Å²) in [4.78, 5) is 28.8. The molecule has 1 fully saturated rings. The molecule has 0 atom stereocenters. The molecule has 3 rings (SSSR count). The summed E-state index contributed by atoms with van der Waals surface area (Å²) >= 11 is 6.86. The molecule has 38 heavy (non-hydrogen) atoms. The number of carbonyl (C=O) groups excluding carboxylic acids is 1. The Kier molecular flexibility index (Phi) is 11.6. The molecule has 0 radical (unpaired) electrons. The first-order valence-electron chi connectivity index (χ1n) is 13.6. The van der Waals surface area contributed by atoms with Gasteiger partial charge in [0.15, 0.2) is 0 Å². The third-order valence-corrected chi connectivity index (χ3v) is 8.13. The number of hydrogen-bond acceptors (Lipinski definition) is 6. The molecule has 1 aromatic heterocycles. The summed E-state index contributed by atoms with van der Waals surface area (Å²) < 4.78 is 2.20. The Morgan fingerprint density at radius 2 is 1.74 bits per heavy atom. The van der Waals surface area contributed by atoms with Crippen LogP contribution in [0.4, 0.5) is 5.82 Å². The molecule has 0 unspecified atom stereocenters. The first-order valence-corrected chi connectivity index (χ1v) is 14.9. The number of anilines is 1. The van der Waals surface area contributed by atoms with Crippen LogP contribution in [0.5, 0.6) is 0 Å². The predicted molar refractivity (Wildman–Crippen MR) is 162 cm³/mol. The zero-order valence-corrected chi connectivity index (χ0v) is 24.3. The van der Waals surface area contributed by atoms with Gasteiger partial charge in [-0.1, -0.05) is 100 Å². The van der Waals surface area contributed by atoms with Crippen LogP contribution in [0.2, 0.25) is 0 Å². The number of aromatic nitrogens is 1. The number of rotatable bonds is 14. The summed E-state index contributed by atoms with van der Waals surface area (Å²) in [6.07, 6.45) is 10.2. The number of pyridine rings is 1. The molecule has 1 saturated heterocycles. The van der Waals surface area contributed by atoms with E-state index in [0.29, 0.717) is 45.8 Å². The van der Waals surface area contributed by atoms with Crippen LogP contribution in [-0.2, 0) is 17.8 Å². The minimum Gasteiger partial charge on any atom is -0.371 e. The second kappa shape index (κ2) is 14.9. The number of nitrogens with one attached hydrogen (secondary N) is 1. The molecule has 202 valence electrons. The molecule has 0 saturated carbocycles. The lowest BCUT2D eigenvalue weighted by Gasteiger charge is -2.20. The van der Waals surface area contributed by atoms with Crippen LogP contribution in [0.3, 0.4) is 0 Å². The quantitative estimate of drug-likeness (QED) is 0.161. The van der Waals surface area contributed by atoms with Crippen LogP contribution in [0.15, 0.2) is 40.0 Å². The van der Waals surface area contributed by atoms with Crippen molar-refractivity contribution in [2.75, 3.05) is 18.4 Å². The van der Waals surface area contributed by atoms with Gasteiger partial charge in [-0.2, -0.15) is 5.26 Å². The minimum absolute atomic E-state index is 0.102. The second-order valence-corrected chi connectivity index (χ2v) is 11.3. The molecule has 8 heteroatoms. The van der Waals surface area contributed by atoms with Crippen molar-refractivity contribution in [3.8, 4) is 6.07 Å². The zero-order valence-electron chi connectivity index (χ0n) is 22.7. The van der Waals surface area contributed by atoms with Gasteiger partial charge in [0, 0.05) is 25.2 Å². The van der Waals surface area contributed by atoms with Gasteiger partial charge in [-0.15, -0.1) is 0 Å². The molecule has 2 aromatic rings. The fourth-order valence-electron chi connectivity index (χ4n) is 4.63. The molecule has 1 N–H and O–H groups in total. The summed E-state index contributed by atoms with van der Waals surface area (Å²) in [7, 11) is 0. The van der Waals surface area contributed by atoms with E-state index in [-0.39, 0.29) is 17.0 Å². The highest BCUT2D eigenvalue weighted by molar-refractivity contribution is 8.26. The van der Waals surface area contributed by atoms with Gasteiger partial charge < -0.3 is 5.32 Å². The van der Waals surface area contributed by atoms with E-state index >= 15 is 0 Å². The van der Waals surface area contributed by atoms with Gasteiger partial charge in [0.2, 0.25) is 0 Å². The predicted octanol–water partition coefficient (Wildman–Crippen LogP) is 6.65. The molecule has 1 amide bonds. The highest BCUT2D eigenvalue weighted by Crippen LogP contribution is 2.35. The van der Waals surface area contributed by atoms with E-state index in [2.05, 4.69) is 30.4 Å². The molecule has 0 bridgehead atoms. The van der Waals surface area contributed by atoms with Crippen LogP contribution in [-0.4, -0.2) is 32.8 Å². The lowest BCUT2D eigenvalue weighted by Crippen LogP contribution is -2.29. The number of nitrogens with zero attached hydrogens (tertiary/aromatic N) is 3. The fourth-order valence-corrected chi connectivity index (χ4v) is 5.92. The van der Waals surface area contributed by atoms with Crippen LogP contribution in [0.25, 0.3) is 6.08 Å². The molecular weight excluding hydrogens is 512 g/mol. The monoisotopic (exact) mass is 550 g/mol. The second-order valence-electron chi connectivity index (χ2n) is 9.59. The maximum Gasteiger partial charge on any atom is 0.270 e. The summed E-state index contributed by atoms with van der Waals surface area (Å²) in [6, 6.07) is 12.2. The summed E-state index contributed by atoms with van der Waals surface area (Å²) in [5.74, 6) is 0.542. The Bertz CT molecular complexity index is 1260. The first-order chi connectivity index (χ1) is 18.4. The van der Waals surface area contributed by atoms with E-state index in [4.69, 9.17) is 12.2 Å². The Balaban J connectivity index is 1.90. The third kappa shape index (κ3) is 7.36. The molecule has 1 aromatic carbocycles. The maximum atomic E-state index is 13.3. The number of unbranched alkanes of at least 4 members (excludes halogenated alkanes) is 5. The molecule has 1 aliphatic rings. The molecule has 2 heterocycles. The Morgan fingerprint density at radius 3 is 2.42 bits per heavy atom. The van der Waals surface area contributed by atoms with Crippen LogP contribution < -0.4 is 10.9 Å². The van der Waals surface area contributed by atoms with Crippen LogP contribution in [0, 0.1) is 18.3 Å². The van der Waals surface area contributed by atoms with Crippen molar-refractivity contribution >= 4 is 46.1 Å². The largest absolute Gasteiger partial charge is 0.371 e. The smallest absolute Gasteiger partial charge is 0.270 e. The van der Waals surface area contributed by atoms with E-state index in [1.807, 2.05) is 31.2 Å². The van der Waals surface area contributed by atoms with Crippen molar-refractivity contribution in [1.29, 1.82) is 5.26 Å². The number of hydrogen-bond donors (Lipinski definition) is 1. The minimum atomic E-state index is -0.304. The Labute approximate surface area is 236 Å². The van der Waals surface area contributed by atoms with E-state index in [1.165, 1.54) is 43.0 Å². The number of thiocarbonyl (C=S) groups is 1. The SMILES string of the molecule is CCCCCCCCN1C(=O)/C(=C\c2c(C)c(C#N)c(=O)n(CCC)c2NCCc2ccccc2)SC1=S. The average molecular weight is 551 g/mol. The highest BCUT2D eigenvalue weighted by atomic mass is 32.2. The number of nitriles is 1. The Hall–Kier alpha value is -2.89. The zero-order chi connectivity index (χ0) is 27.5. The van der Waals surface area contributed by atoms with Crippen LogP contribution >= 0.6 is 24.0 Å². The van der Waals surface area contributed by atoms with Gasteiger partial charge in [-0.25, -0.2) is 0 Å². The topological polar surface area (TPSA) is 78.1 Å². The van der Waals surface area contributed by atoms with Crippen molar-refractivity contribution in [2.24, 2.45) is 0 Å². The maximum absolute atomic E-state index is 13.3. The lowest BCUT2D eigenvalue weighted by atomic mass is 10.0. The number of thioether (sulfide) groups is 1. The van der Waals surface area contributed by atoms with Gasteiger partial charge in [-0.05, 0) is 43.4 Å². The number of benzene rings is 1. The summed E-state index contributed by atoms with van der Waals surface area (Å²) in [5, 5.41) is 13.3. The molecule has 1 aliphatic heterocycles. The molecule has 0 spiro atoms. The average Bonchev–Trinajstić information content (AvgIpc) is 3.18. The third-order valence-electron chi connectivity index (χ3n) is 6.76. The molecular formula is C30H38N4O2S2. The molecule has 0 aliphatic carbocycles. The first kappa shape index (κ1) is 29.7. The van der Waals surface area contributed by atoms with Crippen molar-refractivity contribution in [3.63, 3.8) is 0 Å². The van der Waals surface area contributed by atoms with Gasteiger partial charge in [-0.3, -0.25) is 19.1 Å². The number of carbonyl (C=O) groups is 1. The highest BCUT2D eigenvalue weighted by Gasteiger charge is 2.32. The van der Waals surface area contributed by atoms with Crippen molar-refractivity contribution in [3.05, 3.63) is 67.8 Å². The van der Waals surface area contributed by atoms with E-state index in [9.17, 15) is 14.9 Å². The van der Waals surface area contributed by atoms with Crippen LogP contribution in [0.1, 0.15) is 81.0 Å².